The molecule has 0 radical (unpaired) electrons. The van der Waals surface area contributed by atoms with Crippen molar-refractivity contribution in [3.05, 3.63) is 99.1 Å². The number of allylic oxidation sites excluding steroid dienone is 6. The van der Waals surface area contributed by atoms with Crippen molar-refractivity contribution < 1.29 is 39.3 Å². The highest BCUT2D eigenvalue weighted by molar-refractivity contribution is 9.12. The SMILES string of the molecule is O=C1C=C(Br)C(=O)C2=C1C(c1ccc(O)c3ccccc13)C1=CCC3C(=O)N(c4ccc(C(=O)O)c(O)c4)C(=O)C3C1C2. The third-order valence-electron chi connectivity index (χ3n) is 9.05. The third-order valence-corrected chi connectivity index (χ3v) is 9.64. The minimum atomic E-state index is -1.35. The van der Waals surface area contributed by atoms with E-state index in [0.717, 1.165) is 22.6 Å². The summed E-state index contributed by atoms with van der Waals surface area (Å²) in [6, 6.07) is 14.0. The van der Waals surface area contributed by atoms with Gasteiger partial charge < -0.3 is 15.3 Å². The van der Waals surface area contributed by atoms with Crippen LogP contribution in [0.25, 0.3) is 10.8 Å². The highest BCUT2D eigenvalue weighted by Crippen LogP contribution is 2.56. The molecule has 3 N–H and O–H groups in total. The molecule has 0 aromatic heterocycles. The molecule has 1 fully saturated rings. The van der Waals surface area contributed by atoms with Gasteiger partial charge in [-0.15, -0.1) is 0 Å². The van der Waals surface area contributed by atoms with E-state index >= 15 is 0 Å². The van der Waals surface area contributed by atoms with Crippen molar-refractivity contribution in [1.29, 1.82) is 0 Å². The zero-order chi connectivity index (χ0) is 30.3. The van der Waals surface area contributed by atoms with Gasteiger partial charge in [-0.1, -0.05) is 42.0 Å². The average Bonchev–Trinajstić information content (AvgIpc) is 3.24. The number of aromatic carboxylic acids is 1. The number of hydrogen-bond donors (Lipinski definition) is 3. The largest absolute Gasteiger partial charge is 0.507 e. The molecular weight excluding hydrogens is 618 g/mol. The van der Waals surface area contributed by atoms with Gasteiger partial charge in [0, 0.05) is 34.6 Å². The molecule has 43 heavy (non-hydrogen) atoms. The lowest BCUT2D eigenvalue weighted by Crippen LogP contribution is -2.39. The molecule has 9 nitrogen and oxygen atoms in total. The van der Waals surface area contributed by atoms with Crippen LogP contribution < -0.4 is 4.90 Å². The number of fused-ring (bicyclic) bond motifs is 4. The van der Waals surface area contributed by atoms with E-state index in [4.69, 9.17) is 0 Å². The first kappa shape index (κ1) is 27.0. The number of rotatable bonds is 3. The zero-order valence-corrected chi connectivity index (χ0v) is 23.9. The summed E-state index contributed by atoms with van der Waals surface area (Å²) < 4.78 is 0.120. The molecule has 1 aliphatic heterocycles. The van der Waals surface area contributed by atoms with Crippen LogP contribution in [0.3, 0.4) is 0 Å². The van der Waals surface area contributed by atoms with Crippen molar-refractivity contribution in [2.75, 3.05) is 4.90 Å². The van der Waals surface area contributed by atoms with Gasteiger partial charge in [-0.05, 0) is 63.8 Å². The number of hydrogen-bond acceptors (Lipinski definition) is 7. The van der Waals surface area contributed by atoms with Gasteiger partial charge >= 0.3 is 5.97 Å². The molecule has 214 valence electrons. The molecule has 3 aromatic carbocycles. The predicted molar refractivity (Wildman–Crippen MR) is 158 cm³/mol. The molecule has 4 atom stereocenters. The molecule has 3 aromatic rings. The van der Waals surface area contributed by atoms with Gasteiger partial charge in [0.15, 0.2) is 11.6 Å². The van der Waals surface area contributed by atoms with E-state index in [1.54, 1.807) is 24.3 Å². The Hall–Kier alpha value is -4.83. The van der Waals surface area contributed by atoms with Gasteiger partial charge in [0.05, 0.1) is 22.0 Å². The van der Waals surface area contributed by atoms with Crippen LogP contribution in [-0.4, -0.2) is 44.7 Å². The number of halogens is 1. The van der Waals surface area contributed by atoms with Gasteiger partial charge in [0.2, 0.25) is 11.8 Å². The lowest BCUT2D eigenvalue weighted by molar-refractivity contribution is -0.123. The Morgan fingerprint density at radius 1 is 0.884 bits per heavy atom. The minimum absolute atomic E-state index is 0.0554. The number of phenols is 2. The van der Waals surface area contributed by atoms with E-state index in [2.05, 4.69) is 15.9 Å². The van der Waals surface area contributed by atoms with Gasteiger partial charge in [-0.3, -0.25) is 19.2 Å². The third kappa shape index (κ3) is 3.86. The minimum Gasteiger partial charge on any atom is -0.507 e. The fourth-order valence-electron chi connectivity index (χ4n) is 7.21. The summed E-state index contributed by atoms with van der Waals surface area (Å²) in [4.78, 5) is 67.2. The van der Waals surface area contributed by atoms with Crippen molar-refractivity contribution in [3.63, 3.8) is 0 Å². The summed E-state index contributed by atoms with van der Waals surface area (Å²) in [6.45, 7) is 0. The van der Waals surface area contributed by atoms with E-state index < -0.39 is 47.2 Å². The number of amides is 2. The highest BCUT2D eigenvalue weighted by Gasteiger charge is 2.57. The van der Waals surface area contributed by atoms with Crippen LogP contribution in [0, 0.1) is 17.8 Å². The van der Waals surface area contributed by atoms with Gasteiger partial charge in [-0.25, -0.2) is 9.69 Å². The van der Waals surface area contributed by atoms with E-state index in [0.29, 0.717) is 21.9 Å². The smallest absolute Gasteiger partial charge is 0.339 e. The second kappa shape index (κ2) is 9.60. The van der Waals surface area contributed by atoms with Crippen molar-refractivity contribution in [3.8, 4) is 11.5 Å². The van der Waals surface area contributed by atoms with Crippen molar-refractivity contribution in [2.45, 2.75) is 18.8 Å². The van der Waals surface area contributed by atoms with Crippen LogP contribution in [0.15, 0.2) is 88.0 Å². The van der Waals surface area contributed by atoms with Crippen LogP contribution in [0.1, 0.15) is 34.7 Å². The Kier molecular flexibility index (Phi) is 6.04. The number of nitrogens with zero attached hydrogens (tertiary/aromatic N) is 1. The topological polar surface area (TPSA) is 149 Å². The summed E-state index contributed by atoms with van der Waals surface area (Å²) in [7, 11) is 0. The van der Waals surface area contributed by atoms with Crippen molar-refractivity contribution >= 4 is 61.7 Å². The Morgan fingerprint density at radius 2 is 1.63 bits per heavy atom. The average molecular weight is 640 g/mol. The lowest BCUT2D eigenvalue weighted by atomic mass is 9.59. The highest BCUT2D eigenvalue weighted by atomic mass is 79.9. The Morgan fingerprint density at radius 3 is 2.35 bits per heavy atom. The van der Waals surface area contributed by atoms with Crippen LogP contribution in [0.4, 0.5) is 5.69 Å². The number of carboxylic acid groups (broad SMARTS) is 1. The summed E-state index contributed by atoms with van der Waals surface area (Å²) >= 11 is 3.22. The Bertz CT molecular complexity index is 1950. The molecule has 1 saturated heterocycles. The molecule has 1 heterocycles. The molecule has 2 amide bonds. The maximum atomic E-state index is 14.1. The number of carboxylic acids is 1. The summed E-state index contributed by atoms with van der Waals surface area (Å²) in [5.74, 6) is -6.40. The van der Waals surface area contributed by atoms with E-state index in [-0.39, 0.29) is 51.5 Å². The van der Waals surface area contributed by atoms with Crippen LogP contribution in [-0.2, 0) is 19.2 Å². The first-order valence-electron chi connectivity index (χ1n) is 13.6. The Labute approximate surface area is 252 Å². The first-order valence-corrected chi connectivity index (χ1v) is 14.4. The molecule has 3 aliphatic carbocycles. The standard InChI is InChI=1S/C33H22BrNO8/c34-23-13-26(38)29-22(30(23)39)12-21-18(27(29)17-9-10-24(36)16-4-2-1-3-15(16)17)7-8-20-28(21)32(41)35(31(20)40)14-5-6-19(33(42)43)25(37)11-14/h1-7,9-11,13,20-21,27-28,36-37H,8,12H2,(H,42,43). The second-order valence-electron chi connectivity index (χ2n) is 11.1. The molecule has 4 aliphatic rings. The van der Waals surface area contributed by atoms with Crippen LogP contribution >= 0.6 is 15.9 Å². The van der Waals surface area contributed by atoms with Crippen molar-refractivity contribution in [1.82, 2.24) is 0 Å². The predicted octanol–water partition coefficient (Wildman–Crippen LogP) is 4.92. The van der Waals surface area contributed by atoms with Gasteiger partial charge in [0.1, 0.15) is 17.1 Å². The number of carbonyl (C=O) groups excluding carboxylic acids is 4. The number of carbonyl (C=O) groups is 5. The number of ketones is 2. The molecule has 0 saturated carbocycles. The molecule has 7 rings (SSSR count). The molecule has 0 bridgehead atoms. The number of imide groups is 1. The number of anilines is 1. The number of Topliss-reactive ketones (excluding diaryl/α,β-unsaturated/α-hetero) is 1. The van der Waals surface area contributed by atoms with Crippen LogP contribution in [0.2, 0.25) is 0 Å². The molecule has 4 unspecified atom stereocenters. The monoisotopic (exact) mass is 639 g/mol. The maximum absolute atomic E-state index is 14.1. The second-order valence-corrected chi connectivity index (χ2v) is 12.0. The lowest BCUT2D eigenvalue weighted by Gasteiger charge is -2.42. The van der Waals surface area contributed by atoms with E-state index in [1.165, 1.54) is 12.1 Å². The van der Waals surface area contributed by atoms with E-state index in [1.807, 2.05) is 18.2 Å². The number of phenolic OH excluding ortho intramolecular Hbond substituents is 1. The fourth-order valence-corrected chi connectivity index (χ4v) is 7.66. The van der Waals surface area contributed by atoms with Gasteiger partial charge in [-0.2, -0.15) is 0 Å². The summed E-state index contributed by atoms with van der Waals surface area (Å²) in [6.07, 6.45) is 3.46. The number of aromatic hydroxyl groups is 2. The molecule has 10 heteroatoms. The summed E-state index contributed by atoms with van der Waals surface area (Å²) in [5.41, 5.74) is 1.76. The first-order chi connectivity index (χ1) is 20.6. The van der Waals surface area contributed by atoms with Crippen LogP contribution in [0.5, 0.6) is 11.5 Å². The molecular formula is C33H22BrNO8. The van der Waals surface area contributed by atoms with Crippen molar-refractivity contribution in [2.24, 2.45) is 17.8 Å². The quantitative estimate of drug-likeness (QED) is 0.208. The normalized spacial score (nSPS) is 24.9. The number of benzene rings is 3. The Balaban J connectivity index is 1.38. The van der Waals surface area contributed by atoms with E-state index in [9.17, 15) is 39.3 Å². The fraction of sp³-hybridized carbons (Fsp3) is 0.182. The maximum Gasteiger partial charge on any atom is 0.339 e. The zero-order valence-electron chi connectivity index (χ0n) is 22.3. The van der Waals surface area contributed by atoms with Gasteiger partial charge in [0.25, 0.3) is 0 Å². The molecule has 0 spiro atoms. The summed E-state index contributed by atoms with van der Waals surface area (Å²) in [5, 5.41) is 31.4.